The molecule has 3 aromatic rings. The fourth-order valence-corrected chi connectivity index (χ4v) is 1.65. The van der Waals surface area contributed by atoms with Gasteiger partial charge >= 0.3 is 0 Å². The fourth-order valence-electron chi connectivity index (χ4n) is 1.65. The van der Waals surface area contributed by atoms with Crippen LogP contribution < -0.4 is 5.73 Å². The Bertz CT molecular complexity index is 735. The molecule has 7 nitrogen and oxygen atoms in total. The molecule has 7 heteroatoms. The molecule has 0 aliphatic carbocycles. The zero-order chi connectivity index (χ0) is 11.8. The van der Waals surface area contributed by atoms with Gasteiger partial charge in [0.1, 0.15) is 6.07 Å². The van der Waals surface area contributed by atoms with Gasteiger partial charge in [0, 0.05) is 12.4 Å². The molecule has 0 saturated heterocycles. The molecule has 0 atom stereocenters. The van der Waals surface area contributed by atoms with Gasteiger partial charge in [0.05, 0.1) is 11.4 Å². The normalized spacial score (nSPS) is 10.5. The first-order chi connectivity index (χ1) is 8.31. The number of nitriles is 1. The third kappa shape index (κ3) is 1.24. The van der Waals surface area contributed by atoms with Crippen LogP contribution in [0.25, 0.3) is 16.7 Å². The minimum atomic E-state index is 0.263. The van der Waals surface area contributed by atoms with Crippen molar-refractivity contribution in [2.75, 3.05) is 5.73 Å². The van der Waals surface area contributed by atoms with E-state index in [1.54, 1.807) is 22.9 Å². The maximum Gasteiger partial charge on any atom is 0.217 e. The Morgan fingerprint density at radius 2 is 2.12 bits per heavy atom. The second-order valence-corrected chi connectivity index (χ2v) is 3.37. The Labute approximate surface area is 95.0 Å². The van der Waals surface area contributed by atoms with E-state index in [2.05, 4.69) is 19.9 Å². The van der Waals surface area contributed by atoms with Crippen molar-refractivity contribution in [2.45, 2.75) is 0 Å². The number of hydrogen-bond donors (Lipinski definition) is 1. The molecule has 2 aromatic heterocycles. The molecule has 0 amide bonds. The van der Waals surface area contributed by atoms with Gasteiger partial charge in [-0.3, -0.25) is 4.57 Å². The van der Waals surface area contributed by atoms with E-state index in [1.807, 2.05) is 6.07 Å². The highest BCUT2D eigenvalue weighted by atomic mass is 16.6. The standard InChI is InChI=1S/C10H6N6O/c11-5-8-13-3-4-16(8)7-2-1-6(12)9-10(7)15-17-14-9/h1-4H,12H2. The minimum Gasteiger partial charge on any atom is -0.397 e. The molecular weight excluding hydrogens is 220 g/mol. The molecule has 1 aromatic carbocycles. The van der Waals surface area contributed by atoms with Crippen molar-refractivity contribution in [3.05, 3.63) is 30.4 Å². The average Bonchev–Trinajstić information content (AvgIpc) is 2.97. The van der Waals surface area contributed by atoms with Crippen LogP contribution in [0.2, 0.25) is 0 Å². The molecule has 0 fully saturated rings. The Morgan fingerprint density at radius 3 is 2.94 bits per heavy atom. The highest BCUT2D eigenvalue weighted by Crippen LogP contribution is 2.24. The fraction of sp³-hybridized carbons (Fsp3) is 0. The van der Waals surface area contributed by atoms with Crippen molar-refractivity contribution < 1.29 is 4.63 Å². The van der Waals surface area contributed by atoms with E-state index in [9.17, 15) is 0 Å². The quantitative estimate of drug-likeness (QED) is 0.617. The zero-order valence-corrected chi connectivity index (χ0v) is 8.53. The maximum atomic E-state index is 8.93. The summed E-state index contributed by atoms with van der Waals surface area (Å²) in [6.07, 6.45) is 3.20. The van der Waals surface area contributed by atoms with Gasteiger partial charge in [0.25, 0.3) is 0 Å². The van der Waals surface area contributed by atoms with Crippen LogP contribution in [0.4, 0.5) is 5.69 Å². The number of nitrogen functional groups attached to an aromatic ring is 1. The van der Waals surface area contributed by atoms with E-state index in [0.717, 1.165) is 0 Å². The number of hydrogen-bond acceptors (Lipinski definition) is 6. The van der Waals surface area contributed by atoms with Gasteiger partial charge in [-0.1, -0.05) is 0 Å². The summed E-state index contributed by atoms with van der Waals surface area (Å²) in [6, 6.07) is 5.41. The Balaban J connectivity index is 2.36. The van der Waals surface area contributed by atoms with Crippen molar-refractivity contribution in [2.24, 2.45) is 0 Å². The molecule has 0 radical (unpaired) electrons. The molecule has 3 rings (SSSR count). The lowest BCUT2D eigenvalue weighted by molar-refractivity contribution is 0.315. The second-order valence-electron chi connectivity index (χ2n) is 3.37. The third-order valence-electron chi connectivity index (χ3n) is 2.43. The van der Waals surface area contributed by atoms with Crippen LogP contribution >= 0.6 is 0 Å². The average molecular weight is 226 g/mol. The summed E-state index contributed by atoms with van der Waals surface area (Å²) in [5, 5.41) is 16.4. The maximum absolute atomic E-state index is 8.93. The van der Waals surface area contributed by atoms with Crippen LogP contribution in [0, 0.1) is 11.3 Å². The van der Waals surface area contributed by atoms with Crippen LogP contribution in [-0.2, 0) is 0 Å². The lowest BCUT2D eigenvalue weighted by atomic mass is 10.2. The molecule has 82 valence electrons. The topological polar surface area (TPSA) is 107 Å². The number of rotatable bonds is 1. The lowest BCUT2D eigenvalue weighted by Gasteiger charge is -2.03. The molecule has 2 heterocycles. The largest absolute Gasteiger partial charge is 0.397 e. The van der Waals surface area contributed by atoms with Gasteiger partial charge in [0.2, 0.25) is 5.82 Å². The minimum absolute atomic E-state index is 0.263. The molecular formula is C10H6N6O. The third-order valence-corrected chi connectivity index (χ3v) is 2.43. The first kappa shape index (κ1) is 9.35. The van der Waals surface area contributed by atoms with Gasteiger partial charge in [-0.05, 0) is 22.4 Å². The van der Waals surface area contributed by atoms with Crippen LogP contribution in [-0.4, -0.2) is 19.9 Å². The lowest BCUT2D eigenvalue weighted by Crippen LogP contribution is -1.99. The SMILES string of the molecule is N#Cc1nccn1-c1ccc(N)c2nonc12. The Kier molecular flexibility index (Phi) is 1.82. The van der Waals surface area contributed by atoms with E-state index in [0.29, 0.717) is 22.4 Å². The summed E-state index contributed by atoms with van der Waals surface area (Å²) in [6.45, 7) is 0. The van der Waals surface area contributed by atoms with Crippen molar-refractivity contribution in [1.82, 2.24) is 19.9 Å². The van der Waals surface area contributed by atoms with Crippen LogP contribution in [0.3, 0.4) is 0 Å². The summed E-state index contributed by atoms with van der Waals surface area (Å²) in [4.78, 5) is 3.92. The van der Waals surface area contributed by atoms with Crippen LogP contribution in [0.5, 0.6) is 0 Å². The van der Waals surface area contributed by atoms with E-state index in [1.165, 1.54) is 6.20 Å². The summed E-state index contributed by atoms with van der Waals surface area (Å²) < 4.78 is 6.26. The van der Waals surface area contributed by atoms with Gasteiger partial charge < -0.3 is 5.73 Å². The van der Waals surface area contributed by atoms with Gasteiger partial charge in [-0.2, -0.15) is 5.26 Å². The Hall–Kier alpha value is -2.88. The molecule has 0 aliphatic heterocycles. The number of nitrogens with zero attached hydrogens (tertiary/aromatic N) is 5. The summed E-state index contributed by atoms with van der Waals surface area (Å²) in [5.41, 5.74) is 7.85. The molecule has 2 N–H and O–H groups in total. The molecule has 17 heavy (non-hydrogen) atoms. The monoisotopic (exact) mass is 226 g/mol. The van der Waals surface area contributed by atoms with Gasteiger partial charge in [-0.25, -0.2) is 9.61 Å². The first-order valence-electron chi connectivity index (χ1n) is 4.76. The smallest absolute Gasteiger partial charge is 0.217 e. The Morgan fingerprint density at radius 1 is 1.29 bits per heavy atom. The highest BCUT2D eigenvalue weighted by molar-refractivity contribution is 5.91. The molecule has 0 bridgehead atoms. The van der Waals surface area contributed by atoms with Gasteiger partial charge in [-0.15, -0.1) is 0 Å². The second kappa shape index (κ2) is 3.31. The van der Waals surface area contributed by atoms with E-state index in [4.69, 9.17) is 11.0 Å². The van der Waals surface area contributed by atoms with Crippen molar-refractivity contribution >= 4 is 16.7 Å². The van der Waals surface area contributed by atoms with E-state index < -0.39 is 0 Å². The number of aromatic nitrogens is 4. The van der Waals surface area contributed by atoms with Crippen LogP contribution in [0.1, 0.15) is 5.82 Å². The summed E-state index contributed by atoms with van der Waals surface area (Å²) >= 11 is 0. The number of nitrogens with two attached hydrogens (primary N) is 1. The van der Waals surface area contributed by atoms with Crippen LogP contribution in [0.15, 0.2) is 29.2 Å². The van der Waals surface area contributed by atoms with Crippen molar-refractivity contribution in [1.29, 1.82) is 5.26 Å². The predicted octanol–water partition coefficient (Wildman–Crippen LogP) is 0.862. The number of fused-ring (bicyclic) bond motifs is 1. The van der Waals surface area contributed by atoms with Gasteiger partial charge in [0.15, 0.2) is 11.0 Å². The molecule has 0 saturated carbocycles. The van der Waals surface area contributed by atoms with Crippen molar-refractivity contribution in [3.63, 3.8) is 0 Å². The predicted molar refractivity (Wildman–Crippen MR) is 58.1 cm³/mol. The number of imidazole rings is 1. The highest BCUT2D eigenvalue weighted by Gasteiger charge is 2.13. The van der Waals surface area contributed by atoms with E-state index >= 15 is 0 Å². The molecule has 0 unspecified atom stereocenters. The first-order valence-corrected chi connectivity index (χ1v) is 4.76. The summed E-state index contributed by atoms with van der Waals surface area (Å²) in [7, 11) is 0. The zero-order valence-electron chi connectivity index (χ0n) is 8.53. The van der Waals surface area contributed by atoms with E-state index in [-0.39, 0.29) is 5.82 Å². The number of benzene rings is 1. The number of anilines is 1. The summed E-state index contributed by atoms with van der Waals surface area (Å²) in [5.74, 6) is 0.263. The molecule has 0 spiro atoms. The molecule has 0 aliphatic rings. The van der Waals surface area contributed by atoms with Crippen molar-refractivity contribution in [3.8, 4) is 11.8 Å².